The fourth-order valence-corrected chi connectivity index (χ4v) is 2.19. The second-order valence-electron chi connectivity index (χ2n) is 4.05. The van der Waals surface area contributed by atoms with Crippen molar-refractivity contribution in [1.29, 1.82) is 0 Å². The van der Waals surface area contributed by atoms with Crippen molar-refractivity contribution in [3.05, 3.63) is 29.8 Å². The number of methoxy groups -OCH3 is 1. The molecule has 1 saturated heterocycles. The Morgan fingerprint density at radius 3 is 2.88 bits per heavy atom. The van der Waals surface area contributed by atoms with Crippen LogP contribution in [0.5, 0.6) is 5.75 Å². The van der Waals surface area contributed by atoms with Crippen LogP contribution >= 0.6 is 0 Å². The van der Waals surface area contributed by atoms with Crippen molar-refractivity contribution < 1.29 is 14.3 Å². The van der Waals surface area contributed by atoms with Crippen LogP contribution < -0.4 is 4.74 Å². The van der Waals surface area contributed by atoms with Gasteiger partial charge < -0.3 is 9.47 Å². The van der Waals surface area contributed by atoms with Crippen molar-refractivity contribution in [2.45, 2.75) is 31.8 Å². The average Bonchev–Trinajstić information content (AvgIpc) is 2.72. The normalized spacial score (nSPS) is 24.2. The van der Waals surface area contributed by atoms with Crippen LogP contribution in [0, 0.1) is 0 Å². The van der Waals surface area contributed by atoms with E-state index in [1.54, 1.807) is 7.11 Å². The summed E-state index contributed by atoms with van der Waals surface area (Å²) in [4.78, 5) is 11.3. The highest BCUT2D eigenvalue weighted by atomic mass is 16.6. The smallest absolute Gasteiger partial charge is 0.306 e. The van der Waals surface area contributed by atoms with Gasteiger partial charge in [-0.25, -0.2) is 0 Å². The first kappa shape index (κ1) is 11.0. The molecule has 1 aromatic carbocycles. The molecule has 3 nitrogen and oxygen atoms in total. The number of hydrogen-bond donors (Lipinski definition) is 0. The number of rotatable bonds is 3. The lowest BCUT2D eigenvalue weighted by molar-refractivity contribution is -0.149. The summed E-state index contributed by atoms with van der Waals surface area (Å²) in [7, 11) is 1.64. The molecule has 0 amide bonds. The lowest BCUT2D eigenvalue weighted by atomic mass is 9.88. The van der Waals surface area contributed by atoms with Crippen LogP contribution in [0.3, 0.4) is 0 Å². The van der Waals surface area contributed by atoms with Gasteiger partial charge in [0.15, 0.2) is 0 Å². The molecule has 1 aliphatic heterocycles. The molecule has 1 atom stereocenters. The highest BCUT2D eigenvalue weighted by molar-refractivity contribution is 5.72. The molecule has 3 heteroatoms. The molecule has 0 aliphatic carbocycles. The number of carbonyl (C=O) groups excluding carboxylic acids is 1. The first-order valence-electron chi connectivity index (χ1n) is 5.56. The van der Waals surface area contributed by atoms with Crippen LogP contribution in [0.4, 0.5) is 0 Å². The summed E-state index contributed by atoms with van der Waals surface area (Å²) >= 11 is 0. The minimum atomic E-state index is -0.439. The lowest BCUT2D eigenvalue weighted by Crippen LogP contribution is -2.24. The zero-order chi connectivity index (χ0) is 11.6. The maximum absolute atomic E-state index is 11.3. The fourth-order valence-electron chi connectivity index (χ4n) is 2.19. The number of cyclic esters (lactones) is 1. The summed E-state index contributed by atoms with van der Waals surface area (Å²) in [5, 5.41) is 0. The number of carbonyl (C=O) groups is 1. The molecule has 1 heterocycles. The van der Waals surface area contributed by atoms with E-state index in [0.29, 0.717) is 6.42 Å². The maximum Gasteiger partial charge on any atom is 0.306 e. The Bertz CT molecular complexity index is 400. The van der Waals surface area contributed by atoms with E-state index in [9.17, 15) is 4.79 Å². The van der Waals surface area contributed by atoms with Gasteiger partial charge >= 0.3 is 5.97 Å². The van der Waals surface area contributed by atoms with Gasteiger partial charge in [0.2, 0.25) is 0 Å². The van der Waals surface area contributed by atoms with Gasteiger partial charge in [0.05, 0.1) is 7.11 Å². The minimum absolute atomic E-state index is 0.107. The molecule has 0 saturated carbocycles. The maximum atomic E-state index is 11.3. The minimum Gasteiger partial charge on any atom is -0.497 e. The monoisotopic (exact) mass is 220 g/mol. The molecule has 1 aliphatic rings. The first-order valence-corrected chi connectivity index (χ1v) is 5.56. The number of hydrogen-bond acceptors (Lipinski definition) is 3. The Morgan fingerprint density at radius 1 is 1.50 bits per heavy atom. The molecule has 0 N–H and O–H groups in total. The Labute approximate surface area is 95.4 Å². The molecule has 0 spiro atoms. The predicted molar refractivity (Wildman–Crippen MR) is 60.3 cm³/mol. The zero-order valence-electron chi connectivity index (χ0n) is 9.66. The molecular weight excluding hydrogens is 204 g/mol. The van der Waals surface area contributed by atoms with Gasteiger partial charge in [-0.2, -0.15) is 0 Å². The Balaban J connectivity index is 2.36. The number of ether oxygens (including phenoxy) is 2. The third-order valence-electron chi connectivity index (χ3n) is 3.21. The average molecular weight is 220 g/mol. The third-order valence-corrected chi connectivity index (χ3v) is 3.21. The van der Waals surface area contributed by atoms with E-state index >= 15 is 0 Å². The van der Waals surface area contributed by atoms with Crippen molar-refractivity contribution in [2.75, 3.05) is 7.11 Å². The molecule has 0 aromatic heterocycles. The van der Waals surface area contributed by atoms with Gasteiger partial charge in [0, 0.05) is 12.8 Å². The molecule has 0 bridgehead atoms. The first-order chi connectivity index (χ1) is 7.70. The van der Waals surface area contributed by atoms with Crippen LogP contribution in [0.1, 0.15) is 31.7 Å². The lowest BCUT2D eigenvalue weighted by Gasteiger charge is -2.27. The standard InChI is InChI=1S/C13H16O3/c1-3-13(8-7-12(14)16-13)10-5-4-6-11(9-10)15-2/h4-6,9H,3,7-8H2,1-2H3. The van der Waals surface area contributed by atoms with Crippen LogP contribution in [0.15, 0.2) is 24.3 Å². The van der Waals surface area contributed by atoms with E-state index in [0.717, 1.165) is 24.2 Å². The molecule has 1 unspecified atom stereocenters. The molecule has 16 heavy (non-hydrogen) atoms. The highest BCUT2D eigenvalue weighted by Gasteiger charge is 2.40. The third kappa shape index (κ3) is 1.77. The van der Waals surface area contributed by atoms with Crippen LogP contribution in [-0.4, -0.2) is 13.1 Å². The summed E-state index contributed by atoms with van der Waals surface area (Å²) in [6.45, 7) is 2.04. The molecule has 86 valence electrons. The summed E-state index contributed by atoms with van der Waals surface area (Å²) in [5.41, 5.74) is 0.589. The van der Waals surface area contributed by atoms with E-state index in [4.69, 9.17) is 9.47 Å². The Morgan fingerprint density at radius 2 is 2.31 bits per heavy atom. The van der Waals surface area contributed by atoms with Crippen molar-refractivity contribution in [3.8, 4) is 5.75 Å². The van der Waals surface area contributed by atoms with Crippen molar-refractivity contribution in [2.24, 2.45) is 0 Å². The van der Waals surface area contributed by atoms with Crippen molar-refractivity contribution in [3.63, 3.8) is 0 Å². The van der Waals surface area contributed by atoms with Crippen LogP contribution in [-0.2, 0) is 15.1 Å². The van der Waals surface area contributed by atoms with Crippen LogP contribution in [0.2, 0.25) is 0 Å². The van der Waals surface area contributed by atoms with E-state index in [1.807, 2.05) is 31.2 Å². The van der Waals surface area contributed by atoms with Gasteiger partial charge in [-0.05, 0) is 24.1 Å². The molecule has 2 rings (SSSR count). The molecular formula is C13H16O3. The van der Waals surface area contributed by atoms with E-state index in [2.05, 4.69) is 0 Å². The Kier molecular flexibility index (Phi) is 2.86. The van der Waals surface area contributed by atoms with Crippen molar-refractivity contribution in [1.82, 2.24) is 0 Å². The second kappa shape index (κ2) is 4.16. The molecule has 0 radical (unpaired) electrons. The van der Waals surface area contributed by atoms with Gasteiger partial charge in [-0.15, -0.1) is 0 Å². The predicted octanol–water partition coefficient (Wildman–Crippen LogP) is 2.64. The summed E-state index contributed by atoms with van der Waals surface area (Å²) in [6, 6.07) is 7.76. The van der Waals surface area contributed by atoms with E-state index in [-0.39, 0.29) is 5.97 Å². The van der Waals surface area contributed by atoms with E-state index < -0.39 is 5.60 Å². The highest BCUT2D eigenvalue weighted by Crippen LogP contribution is 2.40. The van der Waals surface area contributed by atoms with Gasteiger partial charge in [0.25, 0.3) is 0 Å². The topological polar surface area (TPSA) is 35.5 Å². The quantitative estimate of drug-likeness (QED) is 0.734. The summed E-state index contributed by atoms with van der Waals surface area (Å²) < 4.78 is 10.7. The van der Waals surface area contributed by atoms with E-state index in [1.165, 1.54) is 0 Å². The number of benzene rings is 1. The second-order valence-corrected chi connectivity index (χ2v) is 4.05. The Hall–Kier alpha value is -1.51. The van der Waals surface area contributed by atoms with Crippen LogP contribution in [0.25, 0.3) is 0 Å². The van der Waals surface area contributed by atoms with Crippen molar-refractivity contribution >= 4 is 5.97 Å². The summed E-state index contributed by atoms with van der Waals surface area (Å²) in [5.74, 6) is 0.693. The molecule has 1 aromatic rings. The zero-order valence-corrected chi connectivity index (χ0v) is 9.66. The molecule has 1 fully saturated rings. The van der Waals surface area contributed by atoms with Gasteiger partial charge in [-0.1, -0.05) is 19.1 Å². The van der Waals surface area contributed by atoms with Gasteiger partial charge in [0.1, 0.15) is 11.4 Å². The fraction of sp³-hybridized carbons (Fsp3) is 0.462. The largest absolute Gasteiger partial charge is 0.497 e. The number of esters is 1. The SMILES string of the molecule is CCC1(c2cccc(OC)c2)CCC(=O)O1. The van der Waals surface area contributed by atoms with Gasteiger partial charge in [-0.3, -0.25) is 4.79 Å². The summed E-state index contributed by atoms with van der Waals surface area (Å²) in [6.07, 6.45) is 2.06.